The Morgan fingerprint density at radius 2 is 1.43 bits per heavy atom. The van der Waals surface area contributed by atoms with Crippen LogP contribution < -0.4 is 0 Å². The lowest BCUT2D eigenvalue weighted by atomic mass is 10.2. The molecular formula is C19H33NSi. The zero-order valence-electron chi connectivity index (χ0n) is 14.8. The summed E-state index contributed by atoms with van der Waals surface area (Å²) in [5.74, 6) is 0. The van der Waals surface area contributed by atoms with E-state index in [9.17, 15) is 0 Å². The lowest BCUT2D eigenvalue weighted by Gasteiger charge is -2.51. The minimum absolute atomic E-state index is 0.737. The van der Waals surface area contributed by atoms with E-state index in [0.717, 1.165) is 29.7 Å². The van der Waals surface area contributed by atoms with E-state index < -0.39 is 8.24 Å². The number of hydrogen-bond donors (Lipinski definition) is 0. The molecule has 0 spiro atoms. The minimum atomic E-state index is -1.60. The molecule has 0 unspecified atom stereocenters. The molecule has 0 radical (unpaired) electrons. The molecule has 1 rings (SSSR count). The second-order valence-electron chi connectivity index (χ2n) is 7.01. The third-order valence-electron chi connectivity index (χ3n) is 4.89. The average Bonchev–Trinajstić information content (AvgIpc) is 2.39. The van der Waals surface area contributed by atoms with Crippen LogP contribution in [0.2, 0.25) is 16.6 Å². The number of benzene rings is 1. The Morgan fingerprint density at radius 1 is 0.952 bits per heavy atom. The van der Waals surface area contributed by atoms with Gasteiger partial charge in [0.2, 0.25) is 0 Å². The van der Waals surface area contributed by atoms with Crippen molar-refractivity contribution in [2.24, 2.45) is 0 Å². The SMILES string of the molecule is C=CCN(Cc1ccccc1)[Si](C(C)C)(C(C)C)C(C)C. The Hall–Kier alpha value is -0.863. The first kappa shape index (κ1) is 18.2. The van der Waals surface area contributed by atoms with Gasteiger partial charge in [0.1, 0.15) is 8.24 Å². The third-order valence-corrected chi connectivity index (χ3v) is 11.9. The van der Waals surface area contributed by atoms with Crippen LogP contribution in [0, 0.1) is 0 Å². The summed E-state index contributed by atoms with van der Waals surface area (Å²) < 4.78 is 2.77. The molecule has 118 valence electrons. The van der Waals surface area contributed by atoms with E-state index in [1.54, 1.807) is 0 Å². The number of nitrogens with zero attached hydrogens (tertiary/aromatic N) is 1. The summed E-state index contributed by atoms with van der Waals surface area (Å²) in [6, 6.07) is 10.9. The van der Waals surface area contributed by atoms with Gasteiger partial charge in [-0.2, -0.15) is 0 Å². The maximum atomic E-state index is 4.01. The lowest BCUT2D eigenvalue weighted by Crippen LogP contribution is -2.59. The zero-order chi connectivity index (χ0) is 16.0. The van der Waals surface area contributed by atoms with Gasteiger partial charge in [0, 0.05) is 13.1 Å². The molecule has 0 amide bonds. The summed E-state index contributed by atoms with van der Waals surface area (Å²) in [5.41, 5.74) is 3.63. The van der Waals surface area contributed by atoms with Gasteiger partial charge >= 0.3 is 0 Å². The van der Waals surface area contributed by atoms with Crippen molar-refractivity contribution in [2.45, 2.75) is 64.7 Å². The molecule has 0 fully saturated rings. The van der Waals surface area contributed by atoms with Gasteiger partial charge in [0.25, 0.3) is 0 Å². The summed E-state index contributed by atoms with van der Waals surface area (Å²) in [6.45, 7) is 20.6. The van der Waals surface area contributed by atoms with Gasteiger partial charge in [-0.25, -0.2) is 0 Å². The number of rotatable bonds is 8. The molecule has 0 aliphatic carbocycles. The van der Waals surface area contributed by atoms with Crippen molar-refractivity contribution in [3.05, 3.63) is 48.6 Å². The second-order valence-corrected chi connectivity index (χ2v) is 12.9. The summed E-state index contributed by atoms with van der Waals surface area (Å²) in [5, 5.41) is 0. The quantitative estimate of drug-likeness (QED) is 0.430. The van der Waals surface area contributed by atoms with Crippen LogP contribution in [0.1, 0.15) is 47.1 Å². The molecule has 1 aromatic carbocycles. The van der Waals surface area contributed by atoms with Crippen molar-refractivity contribution in [2.75, 3.05) is 6.54 Å². The van der Waals surface area contributed by atoms with Crippen LogP contribution in [0.4, 0.5) is 0 Å². The van der Waals surface area contributed by atoms with Crippen LogP contribution in [0.5, 0.6) is 0 Å². The molecular weight excluding hydrogens is 270 g/mol. The predicted octanol–water partition coefficient (Wildman–Crippen LogP) is 5.85. The van der Waals surface area contributed by atoms with Gasteiger partial charge in [0.05, 0.1) is 0 Å². The molecule has 2 heteroatoms. The van der Waals surface area contributed by atoms with Crippen LogP contribution in [0.15, 0.2) is 43.0 Å². The van der Waals surface area contributed by atoms with Gasteiger partial charge < -0.3 is 4.57 Å². The summed E-state index contributed by atoms with van der Waals surface area (Å²) in [4.78, 5) is 0. The van der Waals surface area contributed by atoms with E-state index in [4.69, 9.17) is 0 Å². The van der Waals surface area contributed by atoms with Crippen molar-refractivity contribution in [3.63, 3.8) is 0 Å². The Bertz CT molecular complexity index is 401. The van der Waals surface area contributed by atoms with E-state index in [0.29, 0.717) is 0 Å². The first-order valence-corrected chi connectivity index (χ1v) is 10.4. The molecule has 0 saturated heterocycles. The molecule has 21 heavy (non-hydrogen) atoms. The highest BCUT2D eigenvalue weighted by atomic mass is 28.3. The highest BCUT2D eigenvalue weighted by Gasteiger charge is 2.47. The maximum Gasteiger partial charge on any atom is 0.136 e. The topological polar surface area (TPSA) is 3.24 Å². The highest BCUT2D eigenvalue weighted by molar-refractivity contribution is 6.80. The van der Waals surface area contributed by atoms with Crippen LogP contribution >= 0.6 is 0 Å². The van der Waals surface area contributed by atoms with E-state index in [2.05, 4.69) is 89.1 Å². The minimum Gasteiger partial charge on any atom is -0.315 e. The zero-order valence-corrected chi connectivity index (χ0v) is 15.8. The Balaban J connectivity index is 3.22. The van der Waals surface area contributed by atoms with Gasteiger partial charge in [-0.1, -0.05) is 78.0 Å². The van der Waals surface area contributed by atoms with E-state index >= 15 is 0 Å². The van der Waals surface area contributed by atoms with Crippen molar-refractivity contribution >= 4 is 8.24 Å². The standard InChI is InChI=1S/C19H33NSi/c1-8-14-20(15-19-12-10-9-11-13-19)21(16(2)3,17(4)5)18(6)7/h8-13,16-18H,1,14-15H2,2-7H3. The van der Waals surface area contributed by atoms with E-state index in [1.807, 2.05) is 0 Å². The molecule has 0 aliphatic heterocycles. The Morgan fingerprint density at radius 3 is 1.81 bits per heavy atom. The normalized spacial score (nSPS) is 12.7. The molecule has 1 nitrogen and oxygen atoms in total. The first-order chi connectivity index (χ1) is 9.87. The van der Waals surface area contributed by atoms with Gasteiger partial charge in [-0.05, 0) is 22.2 Å². The molecule has 0 atom stereocenters. The first-order valence-electron chi connectivity index (χ1n) is 8.27. The maximum absolute atomic E-state index is 4.01. The van der Waals surface area contributed by atoms with Crippen molar-refractivity contribution in [1.82, 2.24) is 4.57 Å². The van der Waals surface area contributed by atoms with Crippen LogP contribution in [0.25, 0.3) is 0 Å². The van der Waals surface area contributed by atoms with Gasteiger partial charge in [-0.15, -0.1) is 6.58 Å². The Kier molecular flexibility index (Phi) is 6.89. The summed E-state index contributed by atoms with van der Waals surface area (Å²) >= 11 is 0. The predicted molar refractivity (Wildman–Crippen MR) is 98.1 cm³/mol. The van der Waals surface area contributed by atoms with E-state index in [-0.39, 0.29) is 0 Å². The molecule has 1 aromatic rings. The third kappa shape index (κ3) is 3.86. The van der Waals surface area contributed by atoms with Crippen molar-refractivity contribution < 1.29 is 0 Å². The van der Waals surface area contributed by atoms with Crippen LogP contribution in [0.3, 0.4) is 0 Å². The number of hydrogen-bond acceptors (Lipinski definition) is 1. The monoisotopic (exact) mass is 303 g/mol. The van der Waals surface area contributed by atoms with E-state index in [1.165, 1.54) is 5.56 Å². The second kappa shape index (κ2) is 7.95. The molecule has 0 aromatic heterocycles. The summed E-state index contributed by atoms with van der Waals surface area (Å²) in [6.07, 6.45) is 2.08. The van der Waals surface area contributed by atoms with Crippen LogP contribution in [-0.4, -0.2) is 19.3 Å². The molecule has 0 heterocycles. The molecule has 0 saturated carbocycles. The molecule has 0 aliphatic rings. The van der Waals surface area contributed by atoms with Gasteiger partial charge in [0.15, 0.2) is 0 Å². The Labute approximate surface area is 133 Å². The van der Waals surface area contributed by atoms with Crippen molar-refractivity contribution in [3.8, 4) is 0 Å². The fourth-order valence-electron chi connectivity index (χ4n) is 4.41. The van der Waals surface area contributed by atoms with Crippen molar-refractivity contribution in [1.29, 1.82) is 0 Å². The van der Waals surface area contributed by atoms with Crippen LogP contribution in [-0.2, 0) is 6.54 Å². The lowest BCUT2D eigenvalue weighted by molar-refractivity contribution is 0.418. The van der Waals surface area contributed by atoms with Gasteiger partial charge in [-0.3, -0.25) is 0 Å². The molecule has 0 N–H and O–H groups in total. The fraction of sp³-hybridized carbons (Fsp3) is 0.579. The largest absolute Gasteiger partial charge is 0.315 e. The average molecular weight is 304 g/mol. The fourth-order valence-corrected chi connectivity index (χ4v) is 11.5. The smallest absolute Gasteiger partial charge is 0.136 e. The summed E-state index contributed by atoms with van der Waals surface area (Å²) in [7, 11) is -1.60. The highest BCUT2D eigenvalue weighted by Crippen LogP contribution is 2.44. The molecule has 0 bridgehead atoms.